The normalized spacial score (nSPS) is 25.5. The predicted molar refractivity (Wildman–Crippen MR) is 176 cm³/mol. The quantitative estimate of drug-likeness (QED) is 0.290. The number of ether oxygens (including phenoxy) is 4. The highest BCUT2D eigenvalue weighted by molar-refractivity contribution is 5.95. The molecule has 5 aliphatic rings. The van der Waals surface area contributed by atoms with Crippen LogP contribution in [0.15, 0.2) is 60.7 Å². The van der Waals surface area contributed by atoms with E-state index >= 15 is 0 Å². The summed E-state index contributed by atoms with van der Waals surface area (Å²) < 4.78 is 21.7. The largest absolute Gasteiger partial charge is 0.493 e. The van der Waals surface area contributed by atoms with Crippen molar-refractivity contribution in [2.24, 2.45) is 17.3 Å². The minimum atomic E-state index is -0.466. The summed E-state index contributed by atoms with van der Waals surface area (Å²) in [5.74, 6) is 2.69. The minimum Gasteiger partial charge on any atom is -0.493 e. The van der Waals surface area contributed by atoms with Crippen LogP contribution < -0.4 is 19.5 Å². The van der Waals surface area contributed by atoms with Crippen LogP contribution in [-0.2, 0) is 32.7 Å². The van der Waals surface area contributed by atoms with Gasteiger partial charge in [-0.25, -0.2) is 4.79 Å². The van der Waals surface area contributed by atoms with E-state index in [9.17, 15) is 14.4 Å². The number of nitrogens with zero attached hydrogens (tertiary/aromatic N) is 1. The Morgan fingerprint density at radius 1 is 0.872 bits per heavy atom. The number of nitrogens with one attached hydrogen (secondary N) is 1. The molecule has 2 unspecified atom stereocenters. The van der Waals surface area contributed by atoms with Crippen LogP contribution in [0.3, 0.4) is 0 Å². The topological polar surface area (TPSA) is 103 Å². The zero-order valence-electron chi connectivity index (χ0n) is 27.3. The van der Waals surface area contributed by atoms with Gasteiger partial charge in [-0.05, 0) is 121 Å². The number of hydrogen-bond donors (Lipinski definition) is 1. The molecule has 2 amide bonds. The molecule has 8 rings (SSSR count). The van der Waals surface area contributed by atoms with Crippen molar-refractivity contribution in [1.29, 1.82) is 0 Å². The fraction of sp³-hybridized carbons (Fsp3) is 0.447. The number of benzene rings is 3. The van der Waals surface area contributed by atoms with Gasteiger partial charge in [0.05, 0.1) is 32.3 Å². The summed E-state index contributed by atoms with van der Waals surface area (Å²) >= 11 is 0. The number of carbonyl (C=O) groups is 3. The van der Waals surface area contributed by atoms with Crippen molar-refractivity contribution in [2.45, 2.75) is 56.9 Å². The maximum Gasteiger partial charge on any atom is 0.337 e. The number of rotatable bonds is 9. The van der Waals surface area contributed by atoms with Gasteiger partial charge in [-0.2, -0.15) is 0 Å². The van der Waals surface area contributed by atoms with Crippen molar-refractivity contribution in [3.63, 3.8) is 0 Å². The van der Waals surface area contributed by atoms with Crippen molar-refractivity contribution >= 4 is 23.5 Å². The van der Waals surface area contributed by atoms with E-state index in [-0.39, 0.29) is 23.3 Å². The molecule has 4 bridgehead atoms. The molecule has 0 radical (unpaired) electrons. The fourth-order valence-corrected chi connectivity index (χ4v) is 9.33. The summed E-state index contributed by atoms with van der Waals surface area (Å²) in [6.45, 7) is 1.17. The van der Waals surface area contributed by atoms with E-state index in [4.69, 9.17) is 18.9 Å². The van der Waals surface area contributed by atoms with Crippen LogP contribution in [-0.4, -0.2) is 57.2 Å². The summed E-state index contributed by atoms with van der Waals surface area (Å²) in [4.78, 5) is 41.0. The van der Waals surface area contributed by atoms with Gasteiger partial charge in [0.1, 0.15) is 5.75 Å². The van der Waals surface area contributed by atoms with Gasteiger partial charge in [0, 0.05) is 18.8 Å². The second-order valence-corrected chi connectivity index (χ2v) is 13.9. The molecule has 246 valence electrons. The molecular formula is C38H42N2O7. The van der Waals surface area contributed by atoms with Gasteiger partial charge in [0.2, 0.25) is 5.91 Å². The lowest BCUT2D eigenvalue weighted by molar-refractivity contribution is -0.161. The predicted octanol–water partition coefficient (Wildman–Crippen LogP) is 5.93. The maximum absolute atomic E-state index is 14.5. The van der Waals surface area contributed by atoms with Gasteiger partial charge in [0.15, 0.2) is 18.1 Å². The molecule has 9 nitrogen and oxygen atoms in total. The molecule has 4 fully saturated rings. The first-order chi connectivity index (χ1) is 22.7. The van der Waals surface area contributed by atoms with E-state index in [1.807, 2.05) is 18.2 Å². The Balaban J connectivity index is 1.03. The summed E-state index contributed by atoms with van der Waals surface area (Å²) in [7, 11) is 4.62. The summed E-state index contributed by atoms with van der Waals surface area (Å²) in [5, 5.41) is 2.77. The lowest BCUT2D eigenvalue weighted by Crippen LogP contribution is -2.60. The van der Waals surface area contributed by atoms with Crippen molar-refractivity contribution in [3.8, 4) is 17.2 Å². The van der Waals surface area contributed by atoms with E-state index in [1.165, 1.54) is 24.7 Å². The van der Waals surface area contributed by atoms with Crippen LogP contribution in [0.1, 0.15) is 65.6 Å². The molecule has 0 saturated heterocycles. The maximum atomic E-state index is 14.5. The van der Waals surface area contributed by atoms with Gasteiger partial charge < -0.3 is 29.2 Å². The number of amides is 2. The summed E-state index contributed by atoms with van der Waals surface area (Å²) in [6, 6.07) is 18.8. The molecule has 4 aliphatic carbocycles. The highest BCUT2D eigenvalue weighted by Gasteiger charge is 2.61. The van der Waals surface area contributed by atoms with Crippen LogP contribution >= 0.6 is 0 Å². The molecule has 9 heteroatoms. The van der Waals surface area contributed by atoms with Crippen molar-refractivity contribution in [2.75, 3.05) is 39.8 Å². The Bertz CT molecular complexity index is 1690. The number of fused-ring (bicyclic) bond motifs is 1. The molecule has 0 spiro atoms. The van der Waals surface area contributed by atoms with Gasteiger partial charge in [-0.15, -0.1) is 0 Å². The third kappa shape index (κ3) is 5.81. The van der Waals surface area contributed by atoms with Crippen LogP contribution in [0, 0.1) is 17.3 Å². The standard InChI is InChI=1S/C38H42N2O7/c1-44-32-15-26-11-12-40(21-28(26)16-33(32)45-2)36(43)38-19-24-13-25(20-38)18-37(17-24,23-38)29-7-9-31(10-8-29)47-22-34(41)39-30-6-4-5-27(14-30)35(42)46-3/h4-10,14-16,24-25H,11-13,17-23H2,1-3H3,(H,39,41). The number of hydrogen-bond acceptors (Lipinski definition) is 7. The molecular weight excluding hydrogens is 596 g/mol. The first-order valence-corrected chi connectivity index (χ1v) is 16.5. The van der Waals surface area contributed by atoms with Crippen LogP contribution in [0.25, 0.3) is 0 Å². The lowest BCUT2D eigenvalue weighted by atomic mass is 9.42. The van der Waals surface area contributed by atoms with Gasteiger partial charge >= 0.3 is 5.97 Å². The van der Waals surface area contributed by atoms with Crippen LogP contribution in [0.5, 0.6) is 17.2 Å². The summed E-state index contributed by atoms with van der Waals surface area (Å²) in [6.07, 6.45) is 7.12. The van der Waals surface area contributed by atoms with Crippen LogP contribution in [0.4, 0.5) is 5.69 Å². The van der Waals surface area contributed by atoms with Gasteiger partial charge in [0.25, 0.3) is 5.91 Å². The molecule has 0 aromatic heterocycles. The number of methoxy groups -OCH3 is 3. The molecule has 1 N–H and O–H groups in total. The monoisotopic (exact) mass is 638 g/mol. The van der Waals surface area contributed by atoms with E-state index in [2.05, 4.69) is 28.4 Å². The Labute approximate surface area is 275 Å². The number of carbonyl (C=O) groups excluding carboxylic acids is 3. The zero-order chi connectivity index (χ0) is 32.8. The first kappa shape index (κ1) is 31.1. The third-order valence-electron chi connectivity index (χ3n) is 10.9. The highest BCUT2D eigenvalue weighted by Crippen LogP contribution is 2.66. The van der Waals surface area contributed by atoms with Crippen molar-refractivity contribution in [1.82, 2.24) is 4.90 Å². The molecule has 3 aromatic carbocycles. The average molecular weight is 639 g/mol. The highest BCUT2D eigenvalue weighted by atomic mass is 16.5. The average Bonchev–Trinajstić information content (AvgIpc) is 3.09. The number of anilines is 1. The van der Waals surface area contributed by atoms with Crippen LogP contribution in [0.2, 0.25) is 0 Å². The van der Waals surface area contributed by atoms with E-state index in [1.54, 1.807) is 38.5 Å². The molecule has 1 heterocycles. The van der Waals surface area contributed by atoms with E-state index in [0.717, 1.165) is 56.4 Å². The van der Waals surface area contributed by atoms with Crippen molar-refractivity contribution < 1.29 is 33.3 Å². The molecule has 3 aromatic rings. The first-order valence-electron chi connectivity index (χ1n) is 16.5. The fourth-order valence-electron chi connectivity index (χ4n) is 9.33. The minimum absolute atomic E-state index is 0.0232. The molecule has 1 aliphatic heterocycles. The Morgan fingerprint density at radius 3 is 2.26 bits per heavy atom. The Hall–Kier alpha value is -4.53. The lowest BCUT2D eigenvalue weighted by Gasteiger charge is -2.62. The number of esters is 1. The Kier molecular flexibility index (Phi) is 8.10. The molecule has 47 heavy (non-hydrogen) atoms. The molecule has 2 atom stereocenters. The third-order valence-corrected chi connectivity index (χ3v) is 10.9. The zero-order valence-corrected chi connectivity index (χ0v) is 27.3. The van der Waals surface area contributed by atoms with Gasteiger partial charge in [-0.1, -0.05) is 18.2 Å². The van der Waals surface area contributed by atoms with E-state index < -0.39 is 5.97 Å². The Morgan fingerprint density at radius 2 is 1.57 bits per heavy atom. The summed E-state index contributed by atoms with van der Waals surface area (Å²) in [5.41, 5.74) is 4.14. The molecule has 4 saturated carbocycles. The SMILES string of the molecule is COC(=O)c1cccc(NC(=O)COc2ccc(C34CC5CC(CC(C(=O)N6CCc7cc(OC)c(OC)cc7C6)(C5)C3)C4)cc2)c1. The van der Waals surface area contributed by atoms with E-state index in [0.29, 0.717) is 47.0 Å². The second-order valence-electron chi connectivity index (χ2n) is 13.9. The van der Waals surface area contributed by atoms with Gasteiger partial charge in [-0.3, -0.25) is 9.59 Å². The second kappa shape index (κ2) is 12.2. The van der Waals surface area contributed by atoms with Crippen molar-refractivity contribution in [3.05, 3.63) is 82.9 Å². The smallest absolute Gasteiger partial charge is 0.337 e.